The summed E-state index contributed by atoms with van der Waals surface area (Å²) in [5.41, 5.74) is 2.95. The lowest BCUT2D eigenvalue weighted by Crippen LogP contribution is -2.54. The van der Waals surface area contributed by atoms with Crippen molar-refractivity contribution in [2.24, 2.45) is 0 Å². The Bertz CT molecular complexity index is 1460. The van der Waals surface area contributed by atoms with Crippen LogP contribution in [0.5, 0.6) is 11.5 Å². The maximum atomic E-state index is 14.2. The summed E-state index contributed by atoms with van der Waals surface area (Å²) < 4.78 is 37.7. The van der Waals surface area contributed by atoms with Gasteiger partial charge in [-0.15, -0.1) is 0 Å². The van der Waals surface area contributed by atoms with Crippen LogP contribution in [0.2, 0.25) is 0 Å². The molecular formula is C32H41N3O6S. The highest BCUT2D eigenvalue weighted by atomic mass is 32.2. The number of benzene rings is 3. The fraction of sp³-hybridized carbons (Fsp3) is 0.375. The smallest absolute Gasteiger partial charge is 0.244 e. The largest absolute Gasteiger partial charge is 0.493 e. The average molecular weight is 596 g/mol. The first-order chi connectivity index (χ1) is 20.0. The van der Waals surface area contributed by atoms with Crippen molar-refractivity contribution in [2.45, 2.75) is 52.2 Å². The van der Waals surface area contributed by atoms with Crippen molar-refractivity contribution in [1.82, 2.24) is 10.2 Å². The number of ether oxygens (including phenoxy) is 2. The molecule has 3 aromatic rings. The maximum absolute atomic E-state index is 14.2. The lowest BCUT2D eigenvalue weighted by molar-refractivity contribution is -0.140. The van der Waals surface area contributed by atoms with Crippen LogP contribution in [0.3, 0.4) is 0 Å². The number of amides is 2. The molecule has 3 rings (SSSR count). The number of rotatable bonds is 14. The number of nitrogens with zero attached hydrogens (tertiary/aromatic N) is 2. The van der Waals surface area contributed by atoms with E-state index >= 15 is 0 Å². The zero-order valence-electron chi connectivity index (χ0n) is 25.2. The summed E-state index contributed by atoms with van der Waals surface area (Å²) >= 11 is 0. The molecule has 2 amide bonds. The molecule has 10 heteroatoms. The lowest BCUT2D eigenvalue weighted by atomic mass is 10.0. The van der Waals surface area contributed by atoms with Crippen molar-refractivity contribution in [1.29, 1.82) is 0 Å². The van der Waals surface area contributed by atoms with E-state index < -0.39 is 28.5 Å². The number of carbonyl (C=O) groups is 2. The van der Waals surface area contributed by atoms with E-state index in [9.17, 15) is 18.0 Å². The van der Waals surface area contributed by atoms with Crippen molar-refractivity contribution in [3.8, 4) is 11.5 Å². The van der Waals surface area contributed by atoms with Gasteiger partial charge in [0.25, 0.3) is 0 Å². The predicted molar refractivity (Wildman–Crippen MR) is 165 cm³/mol. The second-order valence-electron chi connectivity index (χ2n) is 10.3. The highest BCUT2D eigenvalue weighted by Gasteiger charge is 2.33. The Morgan fingerprint density at radius 3 is 2.17 bits per heavy atom. The van der Waals surface area contributed by atoms with Gasteiger partial charge in [0.05, 0.1) is 26.2 Å². The van der Waals surface area contributed by atoms with Crippen LogP contribution in [0.1, 0.15) is 37.0 Å². The molecule has 0 saturated heterocycles. The standard InChI is InChI=1S/C32H41N3O6S/c1-7-24(3)33-32(37)28(19-25-13-9-8-10-14-25)34(21-26-15-11-12-23(2)18-26)31(36)22-35(42(6,38)39)27-16-17-29(40-4)30(20-27)41-5/h8-18,20,24,28H,7,19,21-22H2,1-6H3,(H,33,37)/t24-,28+/m0/s1. The zero-order valence-corrected chi connectivity index (χ0v) is 26.0. The molecule has 1 N–H and O–H groups in total. The quantitative estimate of drug-likeness (QED) is 0.298. The summed E-state index contributed by atoms with van der Waals surface area (Å²) in [6.07, 6.45) is 2.02. The number of methoxy groups -OCH3 is 2. The minimum Gasteiger partial charge on any atom is -0.493 e. The average Bonchev–Trinajstić information content (AvgIpc) is 2.97. The van der Waals surface area contributed by atoms with Gasteiger partial charge in [0.15, 0.2) is 11.5 Å². The van der Waals surface area contributed by atoms with Crippen molar-refractivity contribution in [2.75, 3.05) is 31.3 Å². The van der Waals surface area contributed by atoms with Gasteiger partial charge in [0.1, 0.15) is 12.6 Å². The van der Waals surface area contributed by atoms with Gasteiger partial charge < -0.3 is 19.7 Å². The maximum Gasteiger partial charge on any atom is 0.244 e. The Balaban J connectivity index is 2.08. The van der Waals surface area contributed by atoms with E-state index in [2.05, 4.69) is 5.32 Å². The normalized spacial score (nSPS) is 12.6. The molecule has 0 spiro atoms. The van der Waals surface area contributed by atoms with E-state index in [1.807, 2.05) is 75.4 Å². The van der Waals surface area contributed by atoms with Crippen molar-refractivity contribution < 1.29 is 27.5 Å². The number of carbonyl (C=O) groups excluding carboxylic acids is 2. The highest BCUT2D eigenvalue weighted by molar-refractivity contribution is 7.92. The summed E-state index contributed by atoms with van der Waals surface area (Å²) in [4.78, 5) is 29.5. The Morgan fingerprint density at radius 1 is 0.905 bits per heavy atom. The first kappa shape index (κ1) is 32.5. The van der Waals surface area contributed by atoms with Gasteiger partial charge in [-0.3, -0.25) is 13.9 Å². The van der Waals surface area contributed by atoms with Crippen LogP contribution in [0.4, 0.5) is 5.69 Å². The monoisotopic (exact) mass is 595 g/mol. The van der Waals surface area contributed by atoms with Crippen LogP contribution in [-0.2, 0) is 32.6 Å². The molecule has 0 heterocycles. The Hall–Kier alpha value is -4.05. The Labute approximate surface area is 249 Å². The topological polar surface area (TPSA) is 105 Å². The summed E-state index contributed by atoms with van der Waals surface area (Å²) in [6, 6.07) is 20.8. The van der Waals surface area contributed by atoms with Crippen LogP contribution in [0.15, 0.2) is 72.8 Å². The molecule has 0 radical (unpaired) electrons. The molecule has 0 unspecified atom stereocenters. The van der Waals surface area contributed by atoms with Crippen molar-refractivity contribution in [3.05, 3.63) is 89.5 Å². The van der Waals surface area contributed by atoms with Crippen LogP contribution in [-0.4, -0.2) is 64.2 Å². The van der Waals surface area contributed by atoms with Gasteiger partial charge in [-0.25, -0.2) is 8.42 Å². The number of nitrogens with one attached hydrogen (secondary N) is 1. The SMILES string of the molecule is CC[C@H](C)NC(=O)[C@@H](Cc1ccccc1)N(Cc1cccc(C)c1)C(=O)CN(c1ccc(OC)c(OC)c1)S(C)(=O)=O. The fourth-order valence-corrected chi connectivity index (χ4v) is 5.44. The molecule has 9 nitrogen and oxygen atoms in total. The van der Waals surface area contributed by atoms with Gasteiger partial charge in [-0.05, 0) is 43.5 Å². The van der Waals surface area contributed by atoms with Crippen LogP contribution in [0, 0.1) is 6.92 Å². The Kier molecular flexibility index (Phi) is 11.4. The third-order valence-electron chi connectivity index (χ3n) is 7.04. The van der Waals surface area contributed by atoms with Gasteiger partial charge in [0, 0.05) is 25.1 Å². The van der Waals surface area contributed by atoms with E-state index in [0.29, 0.717) is 11.5 Å². The molecule has 42 heavy (non-hydrogen) atoms. The van der Waals surface area contributed by atoms with Gasteiger partial charge >= 0.3 is 0 Å². The Morgan fingerprint density at radius 2 is 1.57 bits per heavy atom. The fourth-order valence-electron chi connectivity index (χ4n) is 4.60. The van der Waals surface area contributed by atoms with Crippen LogP contribution >= 0.6 is 0 Å². The van der Waals surface area contributed by atoms with Gasteiger partial charge in [-0.1, -0.05) is 67.1 Å². The molecule has 3 aromatic carbocycles. The molecular weight excluding hydrogens is 554 g/mol. The number of hydrogen-bond acceptors (Lipinski definition) is 6. The minimum atomic E-state index is -3.91. The third kappa shape index (κ3) is 8.72. The van der Waals surface area contributed by atoms with Gasteiger partial charge in [0.2, 0.25) is 21.8 Å². The molecule has 0 bridgehead atoms. The lowest BCUT2D eigenvalue weighted by Gasteiger charge is -2.34. The molecule has 226 valence electrons. The van der Waals surface area contributed by atoms with Gasteiger partial charge in [-0.2, -0.15) is 0 Å². The number of anilines is 1. The molecule has 0 saturated carbocycles. The summed E-state index contributed by atoms with van der Waals surface area (Å²) in [6.45, 7) is 5.44. The number of hydrogen-bond donors (Lipinski definition) is 1. The van der Waals surface area contributed by atoms with Crippen LogP contribution in [0.25, 0.3) is 0 Å². The number of sulfonamides is 1. The van der Waals surface area contributed by atoms with Crippen molar-refractivity contribution >= 4 is 27.5 Å². The summed E-state index contributed by atoms with van der Waals surface area (Å²) in [7, 11) is -0.978. The first-order valence-electron chi connectivity index (χ1n) is 13.9. The van der Waals surface area contributed by atoms with Crippen molar-refractivity contribution in [3.63, 3.8) is 0 Å². The van der Waals surface area contributed by atoms with Crippen LogP contribution < -0.4 is 19.1 Å². The zero-order chi connectivity index (χ0) is 30.9. The summed E-state index contributed by atoms with van der Waals surface area (Å²) in [5.74, 6) is -0.0717. The molecule has 0 aliphatic heterocycles. The van der Waals surface area contributed by atoms with E-state index in [-0.39, 0.29) is 30.6 Å². The second kappa shape index (κ2) is 14.7. The summed E-state index contributed by atoms with van der Waals surface area (Å²) in [5, 5.41) is 3.03. The second-order valence-corrected chi connectivity index (χ2v) is 12.2. The third-order valence-corrected chi connectivity index (χ3v) is 8.18. The predicted octanol–water partition coefficient (Wildman–Crippen LogP) is 4.33. The van der Waals surface area contributed by atoms with E-state index in [1.165, 1.54) is 25.2 Å². The first-order valence-corrected chi connectivity index (χ1v) is 15.7. The molecule has 0 fully saturated rings. The molecule has 0 aromatic heterocycles. The van der Waals surface area contributed by atoms with E-state index in [0.717, 1.165) is 33.7 Å². The molecule has 0 aliphatic carbocycles. The minimum absolute atomic E-state index is 0.106. The molecule has 0 aliphatic rings. The molecule has 2 atom stereocenters. The number of aryl methyl sites for hydroxylation is 1. The van der Waals surface area contributed by atoms with E-state index in [1.54, 1.807) is 12.1 Å². The van der Waals surface area contributed by atoms with E-state index in [4.69, 9.17) is 9.47 Å². The highest BCUT2D eigenvalue weighted by Crippen LogP contribution is 2.32.